The van der Waals surface area contributed by atoms with Gasteiger partial charge in [0.1, 0.15) is 5.60 Å². The minimum Gasteiger partial charge on any atom is -0.481 e. The van der Waals surface area contributed by atoms with Crippen LogP contribution in [0.3, 0.4) is 0 Å². The van der Waals surface area contributed by atoms with Crippen molar-refractivity contribution >= 4 is 11.9 Å². The first kappa shape index (κ1) is 11.7. The summed E-state index contributed by atoms with van der Waals surface area (Å²) in [7, 11) is 0. The Kier molecular flexibility index (Phi) is 3.66. The molecule has 0 aromatic rings. The summed E-state index contributed by atoms with van der Waals surface area (Å²) in [4.78, 5) is 21.4. The molecule has 0 unspecified atom stereocenters. The maximum Gasteiger partial charge on any atom is 0.333 e. The lowest BCUT2D eigenvalue weighted by molar-refractivity contribution is -0.157. The molecule has 0 radical (unpaired) electrons. The summed E-state index contributed by atoms with van der Waals surface area (Å²) in [5, 5.41) is 8.49. The van der Waals surface area contributed by atoms with Crippen LogP contribution in [0, 0.1) is 0 Å². The minimum absolute atomic E-state index is 0.216. The van der Waals surface area contributed by atoms with Crippen LogP contribution >= 0.6 is 0 Å². The summed E-state index contributed by atoms with van der Waals surface area (Å²) in [6.07, 6.45) is -0.216. The Bertz CT molecular complexity index is 240. The summed E-state index contributed by atoms with van der Waals surface area (Å²) in [5.74, 6) is -1.56. The van der Waals surface area contributed by atoms with Crippen LogP contribution in [0.5, 0.6) is 0 Å². The topological polar surface area (TPSA) is 63.6 Å². The van der Waals surface area contributed by atoms with Crippen LogP contribution in [0.15, 0.2) is 12.2 Å². The van der Waals surface area contributed by atoms with Gasteiger partial charge in [-0.05, 0) is 20.8 Å². The number of hydrogen-bond donors (Lipinski definition) is 1. The maximum atomic E-state index is 11.0. The molecule has 0 heterocycles. The molecule has 4 heteroatoms. The minimum atomic E-state index is -1.00. The number of rotatable bonds is 4. The van der Waals surface area contributed by atoms with Crippen molar-refractivity contribution in [3.05, 3.63) is 12.2 Å². The van der Waals surface area contributed by atoms with Gasteiger partial charge in [-0.2, -0.15) is 0 Å². The van der Waals surface area contributed by atoms with Gasteiger partial charge in [0, 0.05) is 5.57 Å². The monoisotopic (exact) mass is 186 g/mol. The Hall–Kier alpha value is -1.32. The molecule has 0 saturated carbocycles. The quantitative estimate of drug-likeness (QED) is 0.531. The first-order chi connectivity index (χ1) is 5.74. The number of aliphatic carboxylic acids is 1. The van der Waals surface area contributed by atoms with E-state index in [9.17, 15) is 9.59 Å². The smallest absolute Gasteiger partial charge is 0.333 e. The number of carbonyl (C=O) groups is 2. The van der Waals surface area contributed by atoms with Crippen molar-refractivity contribution in [2.45, 2.75) is 32.8 Å². The highest BCUT2D eigenvalue weighted by atomic mass is 16.6. The summed E-state index contributed by atoms with van der Waals surface area (Å²) < 4.78 is 4.89. The molecule has 0 saturated heterocycles. The molecule has 13 heavy (non-hydrogen) atoms. The third-order valence-electron chi connectivity index (χ3n) is 1.29. The van der Waals surface area contributed by atoms with E-state index in [0.717, 1.165) is 0 Å². The molecule has 0 aromatic heterocycles. The molecule has 0 rings (SSSR count). The molecule has 0 aliphatic rings. The molecule has 74 valence electrons. The molecule has 4 nitrogen and oxygen atoms in total. The highest BCUT2D eigenvalue weighted by Crippen LogP contribution is 2.15. The van der Waals surface area contributed by atoms with Crippen molar-refractivity contribution in [2.75, 3.05) is 0 Å². The molecule has 0 bridgehead atoms. The second kappa shape index (κ2) is 4.07. The zero-order valence-corrected chi connectivity index (χ0v) is 8.09. The van der Waals surface area contributed by atoms with Gasteiger partial charge < -0.3 is 9.84 Å². The van der Waals surface area contributed by atoms with E-state index in [1.54, 1.807) is 13.8 Å². The molecule has 0 amide bonds. The van der Waals surface area contributed by atoms with Crippen molar-refractivity contribution in [3.8, 4) is 0 Å². The lowest BCUT2D eigenvalue weighted by Crippen LogP contribution is -2.31. The first-order valence-electron chi connectivity index (χ1n) is 3.85. The van der Waals surface area contributed by atoms with Crippen LogP contribution in [0.2, 0.25) is 0 Å². The fourth-order valence-electron chi connectivity index (χ4n) is 0.738. The summed E-state index contributed by atoms with van der Waals surface area (Å²) in [6.45, 7) is 8.00. The van der Waals surface area contributed by atoms with Crippen LogP contribution in [0.25, 0.3) is 0 Å². The van der Waals surface area contributed by atoms with Crippen molar-refractivity contribution < 1.29 is 19.4 Å². The third kappa shape index (κ3) is 5.00. The number of carboxylic acid groups (broad SMARTS) is 1. The summed E-state index contributed by atoms with van der Waals surface area (Å²) in [6, 6.07) is 0. The molecular formula is C9H14O4. The Morgan fingerprint density at radius 2 is 1.92 bits per heavy atom. The second-order valence-electron chi connectivity index (χ2n) is 3.50. The molecule has 0 fully saturated rings. The fraction of sp³-hybridized carbons (Fsp3) is 0.556. The summed E-state index contributed by atoms with van der Waals surface area (Å²) >= 11 is 0. The molecule has 0 aliphatic carbocycles. The average Bonchev–Trinajstić information content (AvgIpc) is 1.81. The van der Waals surface area contributed by atoms with Crippen LogP contribution in [-0.2, 0) is 14.3 Å². The second-order valence-corrected chi connectivity index (χ2v) is 3.50. The van der Waals surface area contributed by atoms with Gasteiger partial charge in [-0.25, -0.2) is 4.79 Å². The van der Waals surface area contributed by atoms with E-state index in [1.165, 1.54) is 6.92 Å². The molecule has 0 aliphatic heterocycles. The summed E-state index contributed by atoms with van der Waals surface area (Å²) in [5.41, 5.74) is -0.722. The lowest BCUT2D eigenvalue weighted by Gasteiger charge is -2.22. The zero-order chi connectivity index (χ0) is 10.6. The predicted octanol–water partition coefficient (Wildman–Crippen LogP) is 1.36. The van der Waals surface area contributed by atoms with Gasteiger partial charge in [0.2, 0.25) is 0 Å². The third-order valence-corrected chi connectivity index (χ3v) is 1.29. The van der Waals surface area contributed by atoms with E-state index in [1.807, 2.05) is 0 Å². The number of ether oxygens (including phenoxy) is 1. The predicted molar refractivity (Wildman–Crippen MR) is 47.2 cm³/mol. The Labute approximate surface area is 77.2 Å². The molecule has 0 spiro atoms. The number of carbonyl (C=O) groups excluding carboxylic acids is 1. The molecule has 0 atom stereocenters. The van der Waals surface area contributed by atoms with E-state index in [0.29, 0.717) is 0 Å². The van der Waals surface area contributed by atoms with E-state index >= 15 is 0 Å². The van der Waals surface area contributed by atoms with Gasteiger partial charge in [-0.3, -0.25) is 4.79 Å². The lowest BCUT2D eigenvalue weighted by atomic mass is 10.1. The maximum absolute atomic E-state index is 11.0. The normalized spacial score (nSPS) is 10.7. The van der Waals surface area contributed by atoms with Crippen LogP contribution in [0.4, 0.5) is 0 Å². The van der Waals surface area contributed by atoms with Crippen LogP contribution in [0.1, 0.15) is 27.2 Å². The Balaban J connectivity index is 4.24. The van der Waals surface area contributed by atoms with Crippen LogP contribution in [-0.4, -0.2) is 22.6 Å². The van der Waals surface area contributed by atoms with Gasteiger partial charge in [0.05, 0.1) is 6.42 Å². The highest BCUT2D eigenvalue weighted by Gasteiger charge is 2.26. The Morgan fingerprint density at radius 3 is 2.23 bits per heavy atom. The van der Waals surface area contributed by atoms with E-state index in [2.05, 4.69) is 6.58 Å². The zero-order valence-electron chi connectivity index (χ0n) is 8.09. The number of esters is 1. The highest BCUT2D eigenvalue weighted by molar-refractivity contribution is 5.87. The largest absolute Gasteiger partial charge is 0.481 e. The van der Waals surface area contributed by atoms with Crippen molar-refractivity contribution in [1.29, 1.82) is 0 Å². The van der Waals surface area contributed by atoms with Gasteiger partial charge >= 0.3 is 11.9 Å². The molecular weight excluding hydrogens is 172 g/mol. The fourth-order valence-corrected chi connectivity index (χ4v) is 0.738. The van der Waals surface area contributed by atoms with E-state index < -0.39 is 17.5 Å². The standard InChI is InChI=1S/C9H14O4/c1-6(2)8(12)13-9(3,4)5-7(10)11/h1,5H2,2-4H3,(H,10,11). The first-order valence-corrected chi connectivity index (χ1v) is 3.85. The number of carboxylic acids is 1. The van der Waals surface area contributed by atoms with Crippen LogP contribution < -0.4 is 0 Å². The van der Waals surface area contributed by atoms with Crippen molar-refractivity contribution in [1.82, 2.24) is 0 Å². The Morgan fingerprint density at radius 1 is 1.46 bits per heavy atom. The van der Waals surface area contributed by atoms with E-state index in [-0.39, 0.29) is 12.0 Å². The molecule has 1 N–H and O–H groups in total. The van der Waals surface area contributed by atoms with Gasteiger partial charge in [0.15, 0.2) is 0 Å². The van der Waals surface area contributed by atoms with Crippen molar-refractivity contribution in [2.24, 2.45) is 0 Å². The van der Waals surface area contributed by atoms with E-state index in [4.69, 9.17) is 9.84 Å². The van der Waals surface area contributed by atoms with Crippen molar-refractivity contribution in [3.63, 3.8) is 0 Å². The van der Waals surface area contributed by atoms with Gasteiger partial charge in [-0.15, -0.1) is 0 Å². The van der Waals surface area contributed by atoms with Gasteiger partial charge in [-0.1, -0.05) is 6.58 Å². The number of hydrogen-bond acceptors (Lipinski definition) is 3. The molecule has 0 aromatic carbocycles. The SMILES string of the molecule is C=C(C)C(=O)OC(C)(C)CC(=O)O. The average molecular weight is 186 g/mol. The van der Waals surface area contributed by atoms with Gasteiger partial charge in [0.25, 0.3) is 0 Å².